The Morgan fingerprint density at radius 3 is 2.60 bits per heavy atom. The number of amides is 1. The highest BCUT2D eigenvalue weighted by Gasteiger charge is 2.16. The summed E-state index contributed by atoms with van der Waals surface area (Å²) < 4.78 is 0. The standard InChI is InChI=1S/C21H26N2O2/c1-4-6-7-8-16-9-11-17(12-10-16)15(3)22-21(25)20-19(24)14-13-18(5-2)23-20/h5,9-15,24H,2,4,6-8H2,1,3H3,(H,22,25). The number of hydrogen-bond acceptors (Lipinski definition) is 3. The lowest BCUT2D eigenvalue weighted by atomic mass is 10.0. The Morgan fingerprint density at radius 2 is 1.96 bits per heavy atom. The van der Waals surface area contributed by atoms with Crippen molar-refractivity contribution in [2.24, 2.45) is 0 Å². The molecule has 0 saturated carbocycles. The van der Waals surface area contributed by atoms with Crippen molar-refractivity contribution in [2.75, 3.05) is 0 Å². The largest absolute Gasteiger partial charge is 0.505 e. The van der Waals surface area contributed by atoms with Gasteiger partial charge in [-0.1, -0.05) is 50.6 Å². The zero-order valence-corrected chi connectivity index (χ0v) is 15.0. The molecular weight excluding hydrogens is 312 g/mol. The van der Waals surface area contributed by atoms with E-state index in [1.807, 2.05) is 19.1 Å². The van der Waals surface area contributed by atoms with Gasteiger partial charge in [0.2, 0.25) is 0 Å². The maximum atomic E-state index is 12.4. The fraction of sp³-hybridized carbons (Fsp3) is 0.333. The molecule has 0 bridgehead atoms. The first-order valence-corrected chi connectivity index (χ1v) is 8.77. The Kier molecular flexibility index (Phi) is 6.75. The van der Waals surface area contributed by atoms with Crippen molar-refractivity contribution in [1.82, 2.24) is 10.3 Å². The molecule has 2 N–H and O–H groups in total. The van der Waals surface area contributed by atoms with Crippen LogP contribution in [0.5, 0.6) is 5.75 Å². The van der Waals surface area contributed by atoms with Crippen LogP contribution < -0.4 is 5.32 Å². The lowest BCUT2D eigenvalue weighted by Gasteiger charge is -2.15. The summed E-state index contributed by atoms with van der Waals surface area (Å²) >= 11 is 0. The van der Waals surface area contributed by atoms with Gasteiger partial charge in [-0.3, -0.25) is 4.79 Å². The molecule has 0 aliphatic heterocycles. The van der Waals surface area contributed by atoms with Crippen LogP contribution >= 0.6 is 0 Å². The first-order chi connectivity index (χ1) is 12.0. The molecule has 4 heteroatoms. The molecule has 0 aliphatic rings. The van der Waals surface area contributed by atoms with Crippen molar-refractivity contribution >= 4 is 12.0 Å². The van der Waals surface area contributed by atoms with E-state index in [0.717, 1.165) is 12.0 Å². The molecule has 25 heavy (non-hydrogen) atoms. The van der Waals surface area contributed by atoms with E-state index in [2.05, 4.69) is 35.9 Å². The highest BCUT2D eigenvalue weighted by Crippen LogP contribution is 2.19. The van der Waals surface area contributed by atoms with Crippen LogP contribution in [0.3, 0.4) is 0 Å². The van der Waals surface area contributed by atoms with Gasteiger partial charge in [0.05, 0.1) is 11.7 Å². The highest BCUT2D eigenvalue weighted by atomic mass is 16.3. The third-order valence-corrected chi connectivity index (χ3v) is 4.22. The molecule has 0 spiro atoms. The summed E-state index contributed by atoms with van der Waals surface area (Å²) in [5.41, 5.74) is 2.90. The fourth-order valence-electron chi connectivity index (χ4n) is 2.65. The second kappa shape index (κ2) is 9.02. The highest BCUT2D eigenvalue weighted by molar-refractivity contribution is 5.95. The van der Waals surface area contributed by atoms with Gasteiger partial charge in [0.15, 0.2) is 5.69 Å². The molecule has 1 heterocycles. The molecule has 1 amide bonds. The van der Waals surface area contributed by atoms with Crippen molar-refractivity contribution < 1.29 is 9.90 Å². The molecule has 2 rings (SSSR count). The second-order valence-electron chi connectivity index (χ2n) is 6.20. The van der Waals surface area contributed by atoms with Crippen molar-refractivity contribution in [3.05, 3.63) is 65.5 Å². The molecule has 1 aromatic heterocycles. The zero-order valence-electron chi connectivity index (χ0n) is 15.0. The summed E-state index contributed by atoms with van der Waals surface area (Å²) in [5, 5.41) is 12.7. The fourth-order valence-corrected chi connectivity index (χ4v) is 2.65. The normalized spacial score (nSPS) is 11.8. The average molecular weight is 338 g/mol. The molecule has 2 aromatic rings. The Hall–Kier alpha value is -2.62. The van der Waals surface area contributed by atoms with Gasteiger partial charge in [-0.05, 0) is 49.1 Å². The van der Waals surface area contributed by atoms with Gasteiger partial charge >= 0.3 is 0 Å². The lowest BCUT2D eigenvalue weighted by molar-refractivity contribution is 0.0932. The summed E-state index contributed by atoms with van der Waals surface area (Å²) in [4.78, 5) is 16.5. The molecule has 1 unspecified atom stereocenters. The van der Waals surface area contributed by atoms with Crippen molar-refractivity contribution in [2.45, 2.75) is 45.6 Å². The van der Waals surface area contributed by atoms with Crippen molar-refractivity contribution in [3.8, 4) is 5.75 Å². The maximum absolute atomic E-state index is 12.4. The first-order valence-electron chi connectivity index (χ1n) is 8.77. The summed E-state index contributed by atoms with van der Waals surface area (Å²) in [6.07, 6.45) is 6.29. The molecular formula is C21H26N2O2. The molecule has 0 saturated heterocycles. The SMILES string of the molecule is C=Cc1ccc(O)c(C(=O)NC(C)c2ccc(CCCCC)cc2)n1. The Labute approximate surface area is 149 Å². The number of aromatic hydroxyl groups is 1. The van der Waals surface area contributed by atoms with Crippen LogP contribution in [0.25, 0.3) is 6.08 Å². The van der Waals surface area contributed by atoms with E-state index in [1.165, 1.54) is 37.0 Å². The van der Waals surface area contributed by atoms with Crippen LogP contribution in [0.4, 0.5) is 0 Å². The second-order valence-corrected chi connectivity index (χ2v) is 6.20. The van der Waals surface area contributed by atoms with E-state index in [4.69, 9.17) is 0 Å². The van der Waals surface area contributed by atoms with Gasteiger partial charge in [-0.15, -0.1) is 0 Å². The van der Waals surface area contributed by atoms with Crippen LogP contribution in [-0.4, -0.2) is 16.0 Å². The van der Waals surface area contributed by atoms with Gasteiger partial charge < -0.3 is 10.4 Å². The molecule has 1 aromatic carbocycles. The van der Waals surface area contributed by atoms with Gasteiger partial charge in [0, 0.05) is 0 Å². The van der Waals surface area contributed by atoms with Crippen molar-refractivity contribution in [1.29, 1.82) is 0 Å². The van der Waals surface area contributed by atoms with E-state index >= 15 is 0 Å². The number of carbonyl (C=O) groups excluding carboxylic acids is 1. The minimum Gasteiger partial charge on any atom is -0.505 e. The number of aromatic nitrogens is 1. The van der Waals surface area contributed by atoms with E-state index in [0.29, 0.717) is 5.69 Å². The number of aryl methyl sites for hydroxylation is 1. The number of pyridine rings is 1. The monoisotopic (exact) mass is 338 g/mol. The van der Waals surface area contributed by atoms with Crippen molar-refractivity contribution in [3.63, 3.8) is 0 Å². The smallest absolute Gasteiger partial charge is 0.274 e. The topological polar surface area (TPSA) is 62.2 Å². The van der Waals surface area contributed by atoms with Crippen LogP contribution in [0.15, 0.2) is 43.0 Å². The van der Waals surface area contributed by atoms with Crippen LogP contribution in [-0.2, 0) is 6.42 Å². The Morgan fingerprint density at radius 1 is 1.24 bits per heavy atom. The average Bonchev–Trinajstić information content (AvgIpc) is 2.62. The van der Waals surface area contributed by atoms with Crippen LogP contribution in [0, 0.1) is 0 Å². The summed E-state index contributed by atoms with van der Waals surface area (Å²) in [5.74, 6) is -0.540. The number of rotatable bonds is 8. The lowest BCUT2D eigenvalue weighted by Crippen LogP contribution is -2.27. The zero-order chi connectivity index (χ0) is 18.2. The van der Waals surface area contributed by atoms with E-state index in [9.17, 15) is 9.90 Å². The Balaban J connectivity index is 2.02. The summed E-state index contributed by atoms with van der Waals surface area (Å²) in [6, 6.07) is 11.2. The molecule has 0 aliphatic carbocycles. The molecule has 4 nitrogen and oxygen atoms in total. The first kappa shape index (κ1) is 18.7. The minimum atomic E-state index is -0.402. The molecule has 0 fully saturated rings. The number of nitrogens with zero attached hydrogens (tertiary/aromatic N) is 1. The number of benzene rings is 1. The number of nitrogens with one attached hydrogen (secondary N) is 1. The van der Waals surface area contributed by atoms with Gasteiger partial charge in [0.25, 0.3) is 5.91 Å². The third kappa shape index (κ3) is 5.18. The van der Waals surface area contributed by atoms with Crippen LogP contribution in [0.2, 0.25) is 0 Å². The molecule has 1 atom stereocenters. The molecule has 0 radical (unpaired) electrons. The number of unbranched alkanes of at least 4 members (excludes halogenated alkanes) is 2. The predicted octanol–water partition coefficient (Wildman–Crippen LogP) is 4.65. The van der Waals surface area contributed by atoms with Gasteiger partial charge in [-0.2, -0.15) is 0 Å². The van der Waals surface area contributed by atoms with E-state index in [-0.39, 0.29) is 17.5 Å². The summed E-state index contributed by atoms with van der Waals surface area (Å²) in [6.45, 7) is 7.74. The van der Waals surface area contributed by atoms with Gasteiger partial charge in [-0.25, -0.2) is 4.98 Å². The molecule has 132 valence electrons. The predicted molar refractivity (Wildman–Crippen MR) is 102 cm³/mol. The van der Waals surface area contributed by atoms with E-state index < -0.39 is 5.91 Å². The number of carbonyl (C=O) groups is 1. The quantitative estimate of drug-likeness (QED) is 0.689. The maximum Gasteiger partial charge on any atom is 0.274 e. The van der Waals surface area contributed by atoms with E-state index in [1.54, 1.807) is 6.07 Å². The minimum absolute atomic E-state index is 0.0143. The third-order valence-electron chi connectivity index (χ3n) is 4.22. The summed E-state index contributed by atoms with van der Waals surface area (Å²) in [7, 11) is 0. The van der Waals surface area contributed by atoms with Crippen LogP contribution in [0.1, 0.15) is 66.5 Å². The van der Waals surface area contributed by atoms with Gasteiger partial charge in [0.1, 0.15) is 5.75 Å². The Bertz CT molecular complexity index is 723. The number of hydrogen-bond donors (Lipinski definition) is 2.